The van der Waals surface area contributed by atoms with Gasteiger partial charge in [-0.05, 0) is 30.2 Å². The lowest BCUT2D eigenvalue weighted by atomic mass is 9.98. The van der Waals surface area contributed by atoms with Crippen LogP contribution in [0.5, 0.6) is 0 Å². The van der Waals surface area contributed by atoms with Crippen molar-refractivity contribution >= 4 is 28.9 Å². The molecule has 0 atom stereocenters. The Morgan fingerprint density at radius 1 is 1.16 bits per heavy atom. The van der Waals surface area contributed by atoms with E-state index >= 15 is 0 Å². The summed E-state index contributed by atoms with van der Waals surface area (Å²) >= 11 is 1.44. The predicted octanol–water partition coefficient (Wildman–Crippen LogP) is 5.25. The van der Waals surface area contributed by atoms with E-state index in [0.717, 1.165) is 46.2 Å². The van der Waals surface area contributed by atoms with Gasteiger partial charge in [0.05, 0.1) is 34.8 Å². The summed E-state index contributed by atoms with van der Waals surface area (Å²) in [7, 11) is 0. The van der Waals surface area contributed by atoms with E-state index in [1.165, 1.54) is 11.3 Å². The first kappa shape index (κ1) is 27.4. The summed E-state index contributed by atoms with van der Waals surface area (Å²) in [5, 5.41) is 14.9. The number of rotatable bonds is 7. The van der Waals surface area contributed by atoms with E-state index in [-0.39, 0.29) is 11.3 Å². The molecular formula is C28H36N8OS. The van der Waals surface area contributed by atoms with Gasteiger partial charge in [-0.25, -0.2) is 15.0 Å². The summed E-state index contributed by atoms with van der Waals surface area (Å²) in [6, 6.07) is 8.43. The van der Waals surface area contributed by atoms with Crippen LogP contribution in [0.3, 0.4) is 0 Å². The lowest BCUT2D eigenvalue weighted by molar-refractivity contribution is 0.0954. The van der Waals surface area contributed by atoms with Gasteiger partial charge in [-0.2, -0.15) is 5.10 Å². The number of thiazole rings is 1. The van der Waals surface area contributed by atoms with Crippen LogP contribution in [0.25, 0.3) is 11.3 Å². The minimum atomic E-state index is -0.102. The molecular weight excluding hydrogens is 496 g/mol. The number of carbonyl (C=O) groups excluding carboxylic acids is 1. The zero-order valence-electron chi connectivity index (χ0n) is 22.9. The normalized spacial score (nSPS) is 13.3. The number of hydrogen-bond acceptors (Lipinski definition) is 8. The molecule has 0 unspecified atom stereocenters. The highest BCUT2D eigenvalue weighted by Crippen LogP contribution is 2.27. The van der Waals surface area contributed by atoms with Crippen molar-refractivity contribution in [3.8, 4) is 11.3 Å². The maximum absolute atomic E-state index is 12.6. The average molecular weight is 533 g/mol. The Balaban J connectivity index is 0.00000164. The Bertz CT molecular complexity index is 1380. The Morgan fingerprint density at radius 2 is 1.95 bits per heavy atom. The molecule has 3 aromatic heterocycles. The summed E-state index contributed by atoms with van der Waals surface area (Å²) < 4.78 is 1.96. The van der Waals surface area contributed by atoms with Crippen LogP contribution < -0.4 is 16.0 Å². The van der Waals surface area contributed by atoms with Crippen molar-refractivity contribution < 1.29 is 4.79 Å². The third kappa shape index (κ3) is 6.43. The molecule has 10 heteroatoms. The Kier molecular flexibility index (Phi) is 8.53. The average Bonchev–Trinajstić information content (AvgIpc) is 3.54. The number of benzene rings is 1. The molecule has 3 N–H and O–H groups in total. The number of nitrogens with zero attached hydrogens (tertiary/aromatic N) is 5. The largest absolute Gasteiger partial charge is 0.347 e. The second kappa shape index (κ2) is 11.8. The molecule has 1 saturated heterocycles. The molecule has 4 aromatic rings. The van der Waals surface area contributed by atoms with Crippen LogP contribution in [0.2, 0.25) is 0 Å². The van der Waals surface area contributed by atoms with Gasteiger partial charge in [-0.15, -0.1) is 11.3 Å². The zero-order chi connectivity index (χ0) is 27.3. The lowest BCUT2D eigenvalue weighted by Crippen LogP contribution is -2.43. The van der Waals surface area contributed by atoms with Gasteiger partial charge in [0.25, 0.3) is 5.91 Å². The highest BCUT2D eigenvalue weighted by Gasteiger charge is 2.21. The number of aromatic nitrogens is 5. The van der Waals surface area contributed by atoms with Gasteiger partial charge >= 0.3 is 0 Å². The molecule has 1 aliphatic rings. The van der Waals surface area contributed by atoms with Crippen molar-refractivity contribution in [2.45, 2.75) is 59.5 Å². The van der Waals surface area contributed by atoms with Crippen LogP contribution in [0.4, 0.5) is 11.6 Å². The number of nitrogens with one attached hydrogen (secondary N) is 3. The second-order valence-corrected chi connectivity index (χ2v) is 11.0. The third-order valence-corrected chi connectivity index (χ3v) is 7.52. The topological polar surface area (TPSA) is 110 Å². The Morgan fingerprint density at radius 3 is 2.61 bits per heavy atom. The minimum Gasteiger partial charge on any atom is -0.347 e. The molecule has 5 rings (SSSR count). The molecule has 0 spiro atoms. The van der Waals surface area contributed by atoms with E-state index in [2.05, 4.69) is 62.8 Å². The first-order valence-corrected chi connectivity index (χ1v) is 13.8. The van der Waals surface area contributed by atoms with Crippen molar-refractivity contribution in [2.75, 3.05) is 18.4 Å². The van der Waals surface area contributed by atoms with E-state index in [9.17, 15) is 4.79 Å². The van der Waals surface area contributed by atoms with Gasteiger partial charge in [-0.1, -0.05) is 46.8 Å². The van der Waals surface area contributed by atoms with Crippen LogP contribution >= 0.6 is 11.3 Å². The highest BCUT2D eigenvalue weighted by molar-refractivity contribution is 7.13. The third-order valence-electron chi connectivity index (χ3n) is 6.10. The minimum absolute atomic E-state index is 0.0677. The second-order valence-electron chi connectivity index (χ2n) is 10.0. The molecule has 38 heavy (non-hydrogen) atoms. The van der Waals surface area contributed by atoms with Gasteiger partial charge in [0, 0.05) is 43.0 Å². The van der Waals surface area contributed by atoms with Crippen LogP contribution in [0.1, 0.15) is 66.5 Å². The van der Waals surface area contributed by atoms with Crippen molar-refractivity contribution in [1.82, 2.24) is 35.4 Å². The number of anilines is 2. The molecule has 1 fully saturated rings. The molecule has 0 saturated carbocycles. The summed E-state index contributed by atoms with van der Waals surface area (Å²) in [6.07, 6.45) is 7.17. The lowest BCUT2D eigenvalue weighted by Gasteiger charge is -2.27. The first-order chi connectivity index (χ1) is 18.3. The van der Waals surface area contributed by atoms with E-state index in [1.54, 1.807) is 18.6 Å². The van der Waals surface area contributed by atoms with Crippen LogP contribution in [-0.4, -0.2) is 43.7 Å². The maximum atomic E-state index is 12.6. The highest BCUT2D eigenvalue weighted by atomic mass is 32.1. The molecule has 0 bridgehead atoms. The smallest absolute Gasteiger partial charge is 0.263 e. The molecule has 9 nitrogen and oxygen atoms in total. The first-order valence-electron chi connectivity index (χ1n) is 13.0. The van der Waals surface area contributed by atoms with Gasteiger partial charge in [0.15, 0.2) is 0 Å². The summed E-state index contributed by atoms with van der Waals surface area (Å²) in [6.45, 7) is 14.7. The maximum Gasteiger partial charge on any atom is 0.263 e. The van der Waals surface area contributed by atoms with E-state index in [4.69, 9.17) is 0 Å². The molecule has 1 aliphatic heterocycles. The fraction of sp³-hybridized carbons (Fsp3) is 0.393. The molecule has 0 aliphatic carbocycles. The van der Waals surface area contributed by atoms with Gasteiger partial charge in [-0.3, -0.25) is 9.48 Å². The molecule has 1 aromatic carbocycles. The fourth-order valence-electron chi connectivity index (χ4n) is 3.81. The molecule has 4 heterocycles. The number of hydrogen-bond donors (Lipinski definition) is 3. The summed E-state index contributed by atoms with van der Waals surface area (Å²) in [5.74, 6) is 0.418. The van der Waals surface area contributed by atoms with Crippen molar-refractivity contribution in [3.63, 3.8) is 0 Å². The van der Waals surface area contributed by atoms with Gasteiger partial charge < -0.3 is 16.0 Å². The molecule has 0 radical (unpaired) electrons. The molecule has 1 amide bonds. The quantitative estimate of drug-likeness (QED) is 0.298. The van der Waals surface area contributed by atoms with Crippen LogP contribution in [-0.2, 0) is 12.0 Å². The monoisotopic (exact) mass is 532 g/mol. The fourth-order valence-corrected chi connectivity index (χ4v) is 4.70. The SMILES string of the molecule is CC.Cc1cc(-c2ccnc(Nc3cnn(C4CNC4)c3)n2)ccc1CNC(=O)c1cnc(C(C)(C)C)s1. The van der Waals surface area contributed by atoms with E-state index < -0.39 is 0 Å². The van der Waals surface area contributed by atoms with Crippen molar-refractivity contribution in [1.29, 1.82) is 0 Å². The zero-order valence-corrected chi connectivity index (χ0v) is 23.7. The van der Waals surface area contributed by atoms with Crippen LogP contribution in [0.15, 0.2) is 49.1 Å². The Labute approximate surface area is 228 Å². The van der Waals surface area contributed by atoms with E-state index in [0.29, 0.717) is 23.4 Å². The van der Waals surface area contributed by atoms with Gasteiger partial charge in [0.1, 0.15) is 4.88 Å². The molecule has 200 valence electrons. The van der Waals surface area contributed by atoms with Crippen LogP contribution in [0, 0.1) is 6.92 Å². The number of amides is 1. The summed E-state index contributed by atoms with van der Waals surface area (Å²) in [4.78, 5) is 26.7. The van der Waals surface area contributed by atoms with Gasteiger partial charge in [0.2, 0.25) is 5.95 Å². The van der Waals surface area contributed by atoms with E-state index in [1.807, 2.05) is 49.8 Å². The van der Waals surface area contributed by atoms with Crippen molar-refractivity contribution in [2.24, 2.45) is 0 Å². The standard InChI is InChI=1S/C26H30N8OS.C2H6/c1-16-9-17(5-6-18(16)10-29-23(35)22-14-30-24(36-22)26(2,3)4)21-7-8-28-25(33-21)32-19-11-31-34(15-19)20-12-27-13-20;1-2/h5-9,11,14-15,20,27H,10,12-13H2,1-4H3,(H,29,35)(H,28,32,33);1-2H3. The predicted molar refractivity (Wildman–Crippen MR) is 153 cm³/mol. The number of carbonyl (C=O) groups is 1. The Hall–Kier alpha value is -3.63. The van der Waals surface area contributed by atoms with Crippen molar-refractivity contribution in [3.05, 3.63) is 70.1 Å². The number of aryl methyl sites for hydroxylation is 1. The summed E-state index contributed by atoms with van der Waals surface area (Å²) in [5.41, 5.74) is 4.73.